The number of carbonyl (C=O) groups excluding carboxylic acids is 2. The zero-order valence-corrected chi connectivity index (χ0v) is 15.8. The Morgan fingerprint density at radius 2 is 2.04 bits per heavy atom. The van der Waals surface area contributed by atoms with Crippen LogP contribution in [0.4, 0.5) is 5.69 Å². The molecule has 0 radical (unpaired) electrons. The molecule has 2 amide bonds. The van der Waals surface area contributed by atoms with Crippen molar-refractivity contribution in [3.05, 3.63) is 53.6 Å². The lowest BCUT2D eigenvalue weighted by atomic mass is 10.1. The number of thioether (sulfide) groups is 1. The van der Waals surface area contributed by atoms with E-state index in [4.69, 9.17) is 4.74 Å². The minimum Gasteiger partial charge on any atom is -0.491 e. The number of benzene rings is 2. The average molecular weight is 370 g/mol. The molecule has 0 saturated carbocycles. The van der Waals surface area contributed by atoms with E-state index in [2.05, 4.69) is 11.4 Å². The Kier molecular flexibility index (Phi) is 5.83. The molecular weight excluding hydrogens is 348 g/mol. The Morgan fingerprint density at radius 3 is 2.85 bits per heavy atom. The monoisotopic (exact) mass is 370 g/mol. The highest BCUT2D eigenvalue weighted by atomic mass is 32.2. The minimum absolute atomic E-state index is 0.0277. The van der Waals surface area contributed by atoms with E-state index in [-0.39, 0.29) is 18.4 Å². The highest BCUT2D eigenvalue weighted by molar-refractivity contribution is 8.00. The molecule has 1 heterocycles. The summed E-state index contributed by atoms with van der Waals surface area (Å²) in [5.41, 5.74) is 3.06. The molecule has 0 bridgehead atoms. The van der Waals surface area contributed by atoms with Gasteiger partial charge in [0.2, 0.25) is 11.8 Å². The van der Waals surface area contributed by atoms with Crippen LogP contribution < -0.4 is 15.0 Å². The standard InChI is InChI=1S/C20H22N2O3S/c1-14-7-8-17(15(2)11-14)25-10-9-21-19(23)12-22-16-5-3-4-6-18(16)26-13-20(22)24/h3-8,11H,9-10,12-13H2,1-2H3,(H,21,23). The number of amides is 2. The van der Waals surface area contributed by atoms with Crippen molar-refractivity contribution in [3.8, 4) is 5.75 Å². The van der Waals surface area contributed by atoms with Crippen LogP contribution in [0.3, 0.4) is 0 Å². The smallest absolute Gasteiger partial charge is 0.240 e. The van der Waals surface area contributed by atoms with Crippen molar-refractivity contribution in [3.63, 3.8) is 0 Å². The van der Waals surface area contributed by atoms with Gasteiger partial charge >= 0.3 is 0 Å². The molecule has 0 saturated heterocycles. The molecule has 0 unspecified atom stereocenters. The molecule has 1 aliphatic rings. The van der Waals surface area contributed by atoms with E-state index in [9.17, 15) is 9.59 Å². The lowest BCUT2D eigenvalue weighted by Crippen LogP contribution is -2.44. The van der Waals surface area contributed by atoms with Gasteiger partial charge in [0.15, 0.2) is 0 Å². The topological polar surface area (TPSA) is 58.6 Å². The fourth-order valence-electron chi connectivity index (χ4n) is 2.84. The van der Waals surface area contributed by atoms with Crippen molar-refractivity contribution >= 4 is 29.3 Å². The summed E-state index contributed by atoms with van der Waals surface area (Å²) in [6.07, 6.45) is 0. The van der Waals surface area contributed by atoms with Crippen LogP contribution in [0.15, 0.2) is 47.4 Å². The Hall–Kier alpha value is -2.47. The third-order valence-electron chi connectivity index (χ3n) is 4.12. The van der Waals surface area contributed by atoms with Crippen LogP contribution in [0.5, 0.6) is 5.75 Å². The molecule has 0 atom stereocenters. The first-order chi connectivity index (χ1) is 12.5. The van der Waals surface area contributed by atoms with Crippen LogP contribution in [-0.4, -0.2) is 37.3 Å². The first kappa shape index (κ1) is 18.3. The van der Waals surface area contributed by atoms with Gasteiger partial charge in [-0.15, -0.1) is 11.8 Å². The quantitative estimate of drug-likeness (QED) is 0.795. The number of rotatable bonds is 6. The molecule has 1 aliphatic heterocycles. The molecule has 0 aromatic heterocycles. The molecular formula is C20H22N2O3S. The largest absolute Gasteiger partial charge is 0.491 e. The molecule has 0 aliphatic carbocycles. The lowest BCUT2D eigenvalue weighted by molar-refractivity contribution is -0.123. The van der Waals surface area contributed by atoms with Crippen molar-refractivity contribution in [1.29, 1.82) is 0 Å². The van der Waals surface area contributed by atoms with Crippen molar-refractivity contribution in [2.45, 2.75) is 18.7 Å². The van der Waals surface area contributed by atoms with Gasteiger partial charge in [0.05, 0.1) is 18.0 Å². The van der Waals surface area contributed by atoms with E-state index in [1.165, 1.54) is 17.3 Å². The number of hydrogen-bond donors (Lipinski definition) is 1. The number of para-hydroxylation sites is 1. The van der Waals surface area contributed by atoms with Crippen LogP contribution in [0.1, 0.15) is 11.1 Å². The summed E-state index contributed by atoms with van der Waals surface area (Å²) in [6.45, 7) is 4.84. The molecule has 5 nitrogen and oxygen atoms in total. The molecule has 136 valence electrons. The molecule has 0 spiro atoms. The van der Waals surface area contributed by atoms with Gasteiger partial charge in [-0.2, -0.15) is 0 Å². The molecule has 1 N–H and O–H groups in total. The second kappa shape index (κ2) is 8.27. The predicted molar refractivity (Wildman–Crippen MR) is 104 cm³/mol. The normalized spacial score (nSPS) is 13.3. The summed E-state index contributed by atoms with van der Waals surface area (Å²) in [6, 6.07) is 13.6. The molecule has 6 heteroatoms. The lowest BCUT2D eigenvalue weighted by Gasteiger charge is -2.28. The van der Waals surface area contributed by atoms with Gasteiger partial charge in [-0.3, -0.25) is 9.59 Å². The Morgan fingerprint density at radius 1 is 1.23 bits per heavy atom. The van der Waals surface area contributed by atoms with Crippen LogP contribution >= 0.6 is 11.8 Å². The number of fused-ring (bicyclic) bond motifs is 1. The molecule has 26 heavy (non-hydrogen) atoms. The highest BCUT2D eigenvalue weighted by Gasteiger charge is 2.25. The summed E-state index contributed by atoms with van der Waals surface area (Å²) >= 11 is 1.51. The van der Waals surface area contributed by atoms with Crippen LogP contribution in [0.25, 0.3) is 0 Å². The van der Waals surface area contributed by atoms with Crippen LogP contribution in [0, 0.1) is 13.8 Å². The molecule has 2 aromatic rings. The van der Waals surface area contributed by atoms with E-state index in [1.807, 2.05) is 50.2 Å². The Balaban J connectivity index is 1.49. The summed E-state index contributed by atoms with van der Waals surface area (Å²) in [5, 5.41) is 2.82. The molecule has 2 aromatic carbocycles. The minimum atomic E-state index is -0.190. The van der Waals surface area contributed by atoms with Crippen LogP contribution in [0.2, 0.25) is 0 Å². The number of hydrogen-bond acceptors (Lipinski definition) is 4. The first-order valence-electron chi connectivity index (χ1n) is 8.53. The van der Waals surface area contributed by atoms with Gasteiger partial charge in [-0.1, -0.05) is 29.8 Å². The zero-order chi connectivity index (χ0) is 18.5. The summed E-state index contributed by atoms with van der Waals surface area (Å²) in [4.78, 5) is 27.0. The zero-order valence-electron chi connectivity index (χ0n) is 15.0. The van der Waals surface area contributed by atoms with E-state index < -0.39 is 0 Å². The van der Waals surface area contributed by atoms with Crippen molar-refractivity contribution in [2.75, 3.05) is 30.3 Å². The van der Waals surface area contributed by atoms with E-state index >= 15 is 0 Å². The Labute approximate surface area is 157 Å². The highest BCUT2D eigenvalue weighted by Crippen LogP contribution is 2.34. The summed E-state index contributed by atoms with van der Waals surface area (Å²) < 4.78 is 5.71. The SMILES string of the molecule is Cc1ccc(OCCNC(=O)CN2C(=O)CSc3ccccc32)c(C)c1. The number of anilines is 1. The second-order valence-corrected chi connectivity index (χ2v) is 7.22. The summed E-state index contributed by atoms with van der Waals surface area (Å²) in [7, 11) is 0. The van der Waals surface area contributed by atoms with Crippen molar-refractivity contribution in [1.82, 2.24) is 5.32 Å². The van der Waals surface area contributed by atoms with Gasteiger partial charge in [0.1, 0.15) is 18.9 Å². The van der Waals surface area contributed by atoms with Crippen molar-refractivity contribution in [2.24, 2.45) is 0 Å². The second-order valence-electron chi connectivity index (χ2n) is 6.20. The number of ether oxygens (including phenoxy) is 1. The number of carbonyl (C=O) groups is 2. The maximum absolute atomic E-state index is 12.2. The third-order valence-corrected chi connectivity index (χ3v) is 5.17. The third kappa shape index (κ3) is 4.38. The van der Waals surface area contributed by atoms with Gasteiger partial charge in [0.25, 0.3) is 0 Å². The Bertz CT molecular complexity index is 822. The van der Waals surface area contributed by atoms with Gasteiger partial charge in [-0.05, 0) is 37.6 Å². The maximum atomic E-state index is 12.2. The number of aryl methyl sites for hydroxylation is 2. The van der Waals surface area contributed by atoms with Gasteiger partial charge < -0.3 is 15.0 Å². The molecule has 3 rings (SSSR count). The van der Waals surface area contributed by atoms with E-state index in [0.717, 1.165) is 21.9 Å². The fourth-order valence-corrected chi connectivity index (χ4v) is 3.78. The van der Waals surface area contributed by atoms with Crippen LogP contribution in [-0.2, 0) is 9.59 Å². The number of nitrogens with one attached hydrogen (secondary N) is 1. The number of nitrogens with zero attached hydrogens (tertiary/aromatic N) is 1. The maximum Gasteiger partial charge on any atom is 0.240 e. The van der Waals surface area contributed by atoms with Crippen molar-refractivity contribution < 1.29 is 14.3 Å². The van der Waals surface area contributed by atoms with E-state index in [1.54, 1.807) is 4.90 Å². The first-order valence-corrected chi connectivity index (χ1v) is 9.52. The van der Waals surface area contributed by atoms with Gasteiger partial charge in [-0.25, -0.2) is 0 Å². The van der Waals surface area contributed by atoms with Gasteiger partial charge in [0, 0.05) is 4.90 Å². The predicted octanol–water partition coefficient (Wildman–Crippen LogP) is 2.94. The fraction of sp³-hybridized carbons (Fsp3) is 0.300. The average Bonchev–Trinajstić information content (AvgIpc) is 2.62. The summed E-state index contributed by atoms with van der Waals surface area (Å²) in [5.74, 6) is 0.946. The van der Waals surface area contributed by atoms with E-state index in [0.29, 0.717) is 18.9 Å². The molecule has 0 fully saturated rings.